The second kappa shape index (κ2) is 8.07. The third-order valence-corrected chi connectivity index (χ3v) is 6.51. The number of nitrogens with zero attached hydrogens (tertiary/aromatic N) is 1. The molecule has 1 N–H and O–H groups in total. The van der Waals surface area contributed by atoms with Crippen molar-refractivity contribution in [2.24, 2.45) is 4.99 Å². The number of fused-ring (bicyclic) bond motifs is 1. The van der Waals surface area contributed by atoms with Gasteiger partial charge < -0.3 is 9.84 Å². The highest BCUT2D eigenvalue weighted by Gasteiger charge is 2.27. The lowest BCUT2D eigenvalue weighted by Gasteiger charge is -2.28. The molecule has 0 spiro atoms. The molecule has 0 saturated heterocycles. The zero-order chi connectivity index (χ0) is 22.3. The maximum Gasteiger partial charge on any atom is 0.146 e. The lowest BCUT2D eigenvalue weighted by atomic mass is 9.78. The Balaban J connectivity index is 2.04. The van der Waals surface area contributed by atoms with Crippen molar-refractivity contribution in [2.45, 2.75) is 65.3 Å². The summed E-state index contributed by atoms with van der Waals surface area (Å²) < 4.78 is 6.86. The molecule has 2 aromatic carbocycles. The number of ether oxygens (including phenoxy) is 1. The minimum atomic E-state index is -0.155. The van der Waals surface area contributed by atoms with E-state index in [2.05, 4.69) is 72.7 Å². The first-order valence-corrected chi connectivity index (χ1v) is 11.2. The normalized spacial score (nSPS) is 13.9. The zero-order valence-corrected chi connectivity index (χ0v) is 20.1. The zero-order valence-electron chi connectivity index (χ0n) is 19.3. The molecule has 0 aliphatic carbocycles. The maximum absolute atomic E-state index is 11.0. The number of hydrogen-bond acceptors (Lipinski definition) is 4. The van der Waals surface area contributed by atoms with Gasteiger partial charge in [0.1, 0.15) is 11.5 Å². The van der Waals surface area contributed by atoms with Crippen LogP contribution >= 0.6 is 11.3 Å². The number of methoxy groups -OCH3 is 1. The van der Waals surface area contributed by atoms with Crippen LogP contribution in [-0.4, -0.2) is 18.4 Å². The van der Waals surface area contributed by atoms with Crippen LogP contribution in [0.5, 0.6) is 11.5 Å². The van der Waals surface area contributed by atoms with Crippen molar-refractivity contribution in [3.8, 4) is 11.5 Å². The number of thiophene rings is 1. The van der Waals surface area contributed by atoms with Crippen molar-refractivity contribution in [2.75, 3.05) is 7.11 Å². The number of aromatic hydroxyl groups is 1. The highest BCUT2D eigenvalue weighted by molar-refractivity contribution is 7.21. The largest absolute Gasteiger partial charge is 0.507 e. The number of hydrogen-bond donors (Lipinski definition) is 1. The molecular weight excluding hydrogens is 390 g/mol. The Bertz CT molecular complexity index is 1050. The molecular formula is C26H33NO2S. The Morgan fingerprint density at radius 3 is 2.10 bits per heavy atom. The molecule has 0 amide bonds. The SMILES string of the molecule is COc1c(C=NC(C)c2cc(C(C)(C)C)c(O)c(C(C)(C)C)c2)sc2ccccc12. The van der Waals surface area contributed by atoms with Gasteiger partial charge in [-0.2, -0.15) is 0 Å². The summed E-state index contributed by atoms with van der Waals surface area (Å²) in [6.07, 6.45) is 1.93. The summed E-state index contributed by atoms with van der Waals surface area (Å²) in [5.74, 6) is 1.28. The summed E-state index contributed by atoms with van der Waals surface area (Å²) in [4.78, 5) is 5.89. The molecule has 3 nitrogen and oxygen atoms in total. The molecule has 0 radical (unpaired) electrons. The Morgan fingerprint density at radius 1 is 1.00 bits per heavy atom. The minimum Gasteiger partial charge on any atom is -0.507 e. The summed E-state index contributed by atoms with van der Waals surface area (Å²) in [6, 6.07) is 12.4. The van der Waals surface area contributed by atoms with Crippen molar-refractivity contribution in [3.63, 3.8) is 0 Å². The molecule has 4 heteroatoms. The Morgan fingerprint density at radius 2 is 1.57 bits per heavy atom. The van der Waals surface area contributed by atoms with E-state index in [0.29, 0.717) is 5.75 Å². The molecule has 3 aromatic rings. The average Bonchev–Trinajstić information content (AvgIpc) is 3.01. The predicted molar refractivity (Wildman–Crippen MR) is 130 cm³/mol. The van der Waals surface area contributed by atoms with E-state index < -0.39 is 0 Å². The molecule has 30 heavy (non-hydrogen) atoms. The van der Waals surface area contributed by atoms with Gasteiger partial charge in [0.25, 0.3) is 0 Å². The van der Waals surface area contributed by atoms with Gasteiger partial charge in [-0.1, -0.05) is 53.7 Å². The van der Waals surface area contributed by atoms with Gasteiger partial charge >= 0.3 is 0 Å². The summed E-state index contributed by atoms with van der Waals surface area (Å²) in [7, 11) is 1.71. The van der Waals surface area contributed by atoms with Gasteiger partial charge in [0.15, 0.2) is 0 Å². The highest BCUT2D eigenvalue weighted by atomic mass is 32.1. The van der Waals surface area contributed by atoms with E-state index in [1.807, 2.05) is 18.3 Å². The second-order valence-corrected chi connectivity index (χ2v) is 11.0. The molecule has 3 rings (SSSR count). The molecule has 0 aliphatic rings. The van der Waals surface area contributed by atoms with Crippen molar-refractivity contribution < 1.29 is 9.84 Å². The highest BCUT2D eigenvalue weighted by Crippen LogP contribution is 2.41. The summed E-state index contributed by atoms with van der Waals surface area (Å²) >= 11 is 1.69. The summed E-state index contributed by atoms with van der Waals surface area (Å²) in [6.45, 7) is 14.9. The van der Waals surface area contributed by atoms with Crippen molar-refractivity contribution in [1.82, 2.24) is 0 Å². The van der Waals surface area contributed by atoms with Gasteiger partial charge in [0.05, 0.1) is 18.0 Å². The molecule has 1 unspecified atom stereocenters. The van der Waals surface area contributed by atoms with E-state index in [-0.39, 0.29) is 16.9 Å². The lowest BCUT2D eigenvalue weighted by Crippen LogP contribution is -2.18. The van der Waals surface area contributed by atoms with E-state index in [1.165, 1.54) is 4.70 Å². The van der Waals surface area contributed by atoms with Crippen LogP contribution in [0, 0.1) is 0 Å². The van der Waals surface area contributed by atoms with Crippen molar-refractivity contribution in [1.29, 1.82) is 0 Å². The Hall–Kier alpha value is -2.33. The molecule has 0 bridgehead atoms. The molecule has 0 fully saturated rings. The molecule has 1 atom stereocenters. The van der Waals surface area contributed by atoms with Crippen LogP contribution in [0.3, 0.4) is 0 Å². The van der Waals surface area contributed by atoms with E-state index in [4.69, 9.17) is 9.73 Å². The van der Waals surface area contributed by atoms with E-state index in [9.17, 15) is 5.11 Å². The average molecular weight is 424 g/mol. The quantitative estimate of drug-likeness (QED) is 0.444. The molecule has 1 aromatic heterocycles. The third-order valence-electron chi connectivity index (χ3n) is 5.43. The van der Waals surface area contributed by atoms with Gasteiger partial charge in [0.2, 0.25) is 0 Å². The van der Waals surface area contributed by atoms with Crippen LogP contribution in [0.1, 0.15) is 76.1 Å². The number of benzene rings is 2. The van der Waals surface area contributed by atoms with Crippen LogP contribution in [0.2, 0.25) is 0 Å². The number of phenolic OH excluding ortho intramolecular Hbond substituents is 1. The van der Waals surface area contributed by atoms with E-state index in [1.54, 1.807) is 18.4 Å². The topological polar surface area (TPSA) is 41.8 Å². The molecule has 160 valence electrons. The monoisotopic (exact) mass is 423 g/mol. The maximum atomic E-state index is 11.0. The Labute approximate surface area is 184 Å². The number of aliphatic imine (C=N–C) groups is 1. The van der Waals surface area contributed by atoms with E-state index in [0.717, 1.165) is 32.7 Å². The van der Waals surface area contributed by atoms with Gasteiger partial charge in [-0.3, -0.25) is 4.99 Å². The smallest absolute Gasteiger partial charge is 0.146 e. The molecule has 0 saturated carbocycles. The number of rotatable bonds is 4. The number of phenols is 1. The van der Waals surface area contributed by atoms with Crippen LogP contribution in [0.25, 0.3) is 10.1 Å². The van der Waals surface area contributed by atoms with Crippen molar-refractivity contribution in [3.05, 3.63) is 58.0 Å². The minimum absolute atomic E-state index is 0.0391. The summed E-state index contributed by atoms with van der Waals surface area (Å²) in [5.41, 5.74) is 2.73. The first-order valence-electron chi connectivity index (χ1n) is 10.4. The summed E-state index contributed by atoms with van der Waals surface area (Å²) in [5, 5.41) is 12.1. The second-order valence-electron chi connectivity index (χ2n) is 9.91. The van der Waals surface area contributed by atoms with Gasteiger partial charge in [-0.05, 0) is 58.7 Å². The Kier molecular flexibility index (Phi) is 6.01. The van der Waals surface area contributed by atoms with Crippen LogP contribution in [0.4, 0.5) is 0 Å². The fraction of sp³-hybridized carbons (Fsp3) is 0.423. The molecule has 1 heterocycles. The lowest BCUT2D eigenvalue weighted by molar-refractivity contribution is 0.421. The van der Waals surface area contributed by atoms with Gasteiger partial charge in [-0.25, -0.2) is 0 Å². The fourth-order valence-corrected chi connectivity index (χ4v) is 4.70. The van der Waals surface area contributed by atoms with Crippen LogP contribution in [0.15, 0.2) is 41.4 Å². The van der Waals surface area contributed by atoms with E-state index >= 15 is 0 Å². The fourth-order valence-electron chi connectivity index (χ4n) is 3.64. The predicted octanol–water partition coefficient (Wildman–Crippen LogP) is 7.39. The standard InChI is InChI=1S/C26H33NO2S/c1-16(27-15-22-24(29-8)18-11-9-10-12-21(18)30-22)17-13-19(25(2,3)4)23(28)20(14-17)26(5,6)7/h9-16,28H,1-8H3. The van der Waals surface area contributed by atoms with Crippen LogP contribution < -0.4 is 4.74 Å². The van der Waals surface area contributed by atoms with Crippen molar-refractivity contribution >= 4 is 27.6 Å². The van der Waals surface area contributed by atoms with Gasteiger partial charge in [0, 0.05) is 16.3 Å². The molecule has 0 aliphatic heterocycles. The third kappa shape index (κ3) is 4.39. The first-order chi connectivity index (χ1) is 13.9. The van der Waals surface area contributed by atoms with Crippen LogP contribution in [-0.2, 0) is 10.8 Å². The van der Waals surface area contributed by atoms with Gasteiger partial charge in [-0.15, -0.1) is 11.3 Å². The first kappa shape index (κ1) is 22.4.